The maximum Gasteiger partial charge on any atom is 0.326 e. The van der Waals surface area contributed by atoms with E-state index in [0.29, 0.717) is 11.4 Å². The summed E-state index contributed by atoms with van der Waals surface area (Å²) in [4.78, 5) is 25.2. The molecule has 114 valence electrons. The van der Waals surface area contributed by atoms with Crippen LogP contribution in [-0.4, -0.2) is 28.6 Å². The van der Waals surface area contributed by atoms with Crippen molar-refractivity contribution in [3.8, 4) is 5.75 Å². The Bertz CT molecular complexity index is 592. The third-order valence-electron chi connectivity index (χ3n) is 3.75. The number of benzene rings is 1. The molecule has 1 unspecified atom stereocenters. The van der Waals surface area contributed by atoms with Crippen molar-refractivity contribution >= 4 is 17.6 Å². The molecular weight excluding hydrogens is 270 g/mol. The molecule has 0 fully saturated rings. The van der Waals surface area contributed by atoms with Crippen LogP contribution in [0.4, 0.5) is 5.69 Å². The quantitative estimate of drug-likeness (QED) is 0.930. The highest BCUT2D eigenvalue weighted by atomic mass is 16.5. The van der Waals surface area contributed by atoms with Crippen molar-refractivity contribution in [2.75, 3.05) is 4.90 Å². The van der Waals surface area contributed by atoms with Gasteiger partial charge in [0.25, 0.3) is 5.91 Å². The molecule has 0 spiro atoms. The summed E-state index contributed by atoms with van der Waals surface area (Å²) in [5, 5.41) is 9.29. The first-order valence-electron chi connectivity index (χ1n) is 7.04. The highest BCUT2D eigenvalue weighted by Crippen LogP contribution is 2.40. The summed E-state index contributed by atoms with van der Waals surface area (Å²) >= 11 is 0. The van der Waals surface area contributed by atoms with E-state index < -0.39 is 17.6 Å². The summed E-state index contributed by atoms with van der Waals surface area (Å²) in [5.74, 6) is -0.563. The van der Waals surface area contributed by atoms with Gasteiger partial charge in [0.15, 0.2) is 5.60 Å². The molecule has 0 aromatic heterocycles. The fourth-order valence-corrected chi connectivity index (χ4v) is 2.38. The Hall–Kier alpha value is -2.04. The molecule has 0 radical (unpaired) electrons. The minimum absolute atomic E-state index is 0.280. The maximum absolute atomic E-state index is 12.6. The molecule has 1 N–H and O–H groups in total. The Balaban J connectivity index is 2.60. The molecule has 1 aromatic rings. The van der Waals surface area contributed by atoms with Gasteiger partial charge in [0.1, 0.15) is 11.8 Å². The number of hydrogen-bond acceptors (Lipinski definition) is 3. The van der Waals surface area contributed by atoms with E-state index in [1.54, 1.807) is 19.9 Å². The van der Waals surface area contributed by atoms with Gasteiger partial charge in [0.05, 0.1) is 5.69 Å². The zero-order valence-electron chi connectivity index (χ0n) is 13.0. The van der Waals surface area contributed by atoms with E-state index in [9.17, 15) is 14.7 Å². The number of fused-ring (bicyclic) bond motifs is 1. The molecule has 0 saturated carbocycles. The second kappa shape index (κ2) is 5.06. The predicted octanol–water partition coefficient (Wildman–Crippen LogP) is 2.79. The molecule has 1 amide bonds. The predicted molar refractivity (Wildman–Crippen MR) is 79.8 cm³/mol. The Morgan fingerprint density at radius 2 is 1.90 bits per heavy atom. The average molecular weight is 291 g/mol. The number of carbonyl (C=O) groups excluding carboxylic acids is 1. The van der Waals surface area contributed by atoms with Gasteiger partial charge in [0, 0.05) is 0 Å². The molecule has 1 aromatic carbocycles. The highest BCUT2D eigenvalue weighted by molar-refractivity contribution is 6.06. The minimum atomic E-state index is -1.07. The smallest absolute Gasteiger partial charge is 0.326 e. The number of amides is 1. The summed E-state index contributed by atoms with van der Waals surface area (Å²) in [7, 11) is 0. The lowest BCUT2D eigenvalue weighted by Crippen LogP contribution is -2.57. The van der Waals surface area contributed by atoms with Crippen LogP contribution in [0.2, 0.25) is 0 Å². The molecule has 1 aliphatic rings. The topological polar surface area (TPSA) is 66.8 Å². The van der Waals surface area contributed by atoms with E-state index >= 15 is 0 Å². The number of carboxylic acids is 1. The van der Waals surface area contributed by atoms with Gasteiger partial charge >= 0.3 is 5.97 Å². The van der Waals surface area contributed by atoms with Gasteiger partial charge in [-0.3, -0.25) is 9.69 Å². The fourth-order valence-electron chi connectivity index (χ4n) is 2.38. The number of carbonyl (C=O) groups is 2. The number of rotatable bonds is 3. The molecule has 1 atom stereocenters. The van der Waals surface area contributed by atoms with E-state index in [4.69, 9.17) is 4.74 Å². The van der Waals surface area contributed by atoms with Crippen LogP contribution in [-0.2, 0) is 9.59 Å². The van der Waals surface area contributed by atoms with Crippen LogP contribution in [0.15, 0.2) is 18.2 Å². The molecule has 2 rings (SSSR count). The normalized spacial score (nSPS) is 18.2. The van der Waals surface area contributed by atoms with Crippen LogP contribution < -0.4 is 9.64 Å². The molecule has 1 aliphatic heterocycles. The van der Waals surface area contributed by atoms with E-state index in [2.05, 4.69) is 0 Å². The van der Waals surface area contributed by atoms with Crippen LogP contribution in [0.1, 0.15) is 46.1 Å². The molecule has 0 saturated heterocycles. The van der Waals surface area contributed by atoms with Gasteiger partial charge in [-0.05, 0) is 44.4 Å². The lowest BCUT2D eigenvalue weighted by atomic mass is 9.97. The second-order valence-electron chi connectivity index (χ2n) is 6.18. The number of nitrogens with zero attached hydrogens (tertiary/aromatic N) is 1. The van der Waals surface area contributed by atoms with Crippen molar-refractivity contribution in [2.45, 2.75) is 52.2 Å². The first kappa shape index (κ1) is 15.4. The van der Waals surface area contributed by atoms with Gasteiger partial charge in [-0.25, -0.2) is 4.79 Å². The molecule has 1 heterocycles. The Morgan fingerprint density at radius 1 is 1.29 bits per heavy atom. The zero-order chi connectivity index (χ0) is 15.9. The van der Waals surface area contributed by atoms with Gasteiger partial charge < -0.3 is 9.84 Å². The fraction of sp³-hybridized carbons (Fsp3) is 0.500. The number of aliphatic carboxylic acids is 1. The average Bonchev–Trinajstić information content (AvgIpc) is 2.38. The summed E-state index contributed by atoms with van der Waals surface area (Å²) in [6.07, 6.45) is 0. The lowest BCUT2D eigenvalue weighted by molar-refractivity contribution is -0.142. The van der Waals surface area contributed by atoms with Gasteiger partial charge in [-0.2, -0.15) is 0 Å². The summed E-state index contributed by atoms with van der Waals surface area (Å²) in [6, 6.07) is 4.65. The highest BCUT2D eigenvalue weighted by Gasteiger charge is 2.44. The van der Waals surface area contributed by atoms with Crippen LogP contribution in [0, 0.1) is 0 Å². The second-order valence-corrected chi connectivity index (χ2v) is 6.18. The lowest BCUT2D eigenvalue weighted by Gasteiger charge is -2.40. The Kier molecular flexibility index (Phi) is 3.70. The van der Waals surface area contributed by atoms with Crippen LogP contribution in [0.25, 0.3) is 0 Å². The third kappa shape index (κ3) is 2.60. The van der Waals surface area contributed by atoms with Crippen molar-refractivity contribution in [3.63, 3.8) is 0 Å². The largest absolute Gasteiger partial charge is 0.480 e. The summed E-state index contributed by atoms with van der Waals surface area (Å²) in [5.41, 5.74) is 0.489. The molecule has 0 bridgehead atoms. The summed E-state index contributed by atoms with van der Waals surface area (Å²) in [6.45, 7) is 8.89. The van der Waals surface area contributed by atoms with Crippen molar-refractivity contribution in [3.05, 3.63) is 23.8 Å². The van der Waals surface area contributed by atoms with Crippen molar-refractivity contribution in [1.29, 1.82) is 0 Å². The molecule has 21 heavy (non-hydrogen) atoms. The van der Waals surface area contributed by atoms with Crippen molar-refractivity contribution in [2.24, 2.45) is 0 Å². The van der Waals surface area contributed by atoms with E-state index in [1.165, 1.54) is 11.8 Å². The third-order valence-corrected chi connectivity index (χ3v) is 3.75. The minimum Gasteiger partial charge on any atom is -0.480 e. The molecule has 0 aliphatic carbocycles. The summed E-state index contributed by atoms with van der Waals surface area (Å²) < 4.78 is 5.74. The van der Waals surface area contributed by atoms with Crippen LogP contribution in [0.5, 0.6) is 5.75 Å². The standard InChI is InChI=1S/C16H21NO4/c1-9(2)11-6-7-13-12(8-11)17(10(3)14(18)19)15(20)16(4,5)21-13/h6-10H,1-5H3,(H,18,19). The number of carboxylic acid groups (broad SMARTS) is 1. The molecule has 5 heteroatoms. The first-order valence-corrected chi connectivity index (χ1v) is 7.04. The van der Waals surface area contributed by atoms with Gasteiger partial charge in [-0.15, -0.1) is 0 Å². The number of ether oxygens (including phenoxy) is 1. The van der Waals surface area contributed by atoms with Gasteiger partial charge in [0.2, 0.25) is 0 Å². The first-order chi connectivity index (χ1) is 9.65. The van der Waals surface area contributed by atoms with Crippen molar-refractivity contribution < 1.29 is 19.4 Å². The number of hydrogen-bond donors (Lipinski definition) is 1. The Labute approximate surface area is 124 Å². The van der Waals surface area contributed by atoms with Gasteiger partial charge in [-0.1, -0.05) is 19.9 Å². The monoisotopic (exact) mass is 291 g/mol. The van der Waals surface area contributed by atoms with E-state index in [0.717, 1.165) is 5.56 Å². The number of anilines is 1. The van der Waals surface area contributed by atoms with Crippen LogP contribution in [0.3, 0.4) is 0 Å². The molecular formula is C16H21NO4. The van der Waals surface area contributed by atoms with E-state index in [-0.39, 0.29) is 11.8 Å². The van der Waals surface area contributed by atoms with Crippen molar-refractivity contribution in [1.82, 2.24) is 0 Å². The maximum atomic E-state index is 12.6. The SMILES string of the molecule is CC(C)c1ccc2c(c1)N(C(C)C(=O)O)C(=O)C(C)(C)O2. The van der Waals surface area contributed by atoms with Crippen LogP contribution >= 0.6 is 0 Å². The van der Waals surface area contributed by atoms with E-state index in [1.807, 2.05) is 26.0 Å². The molecule has 5 nitrogen and oxygen atoms in total. The zero-order valence-corrected chi connectivity index (χ0v) is 13.0. The Morgan fingerprint density at radius 3 is 2.43 bits per heavy atom.